The molecule has 4 rings (SSSR count). The summed E-state index contributed by atoms with van der Waals surface area (Å²) < 4.78 is 66.2. The Labute approximate surface area is 180 Å². The van der Waals surface area contributed by atoms with Gasteiger partial charge in [0.05, 0.1) is 11.3 Å². The Bertz CT molecular complexity index is 980. The number of halogens is 3. The molecule has 0 unspecified atom stereocenters. The van der Waals surface area contributed by atoms with Gasteiger partial charge in [-0.3, -0.25) is 4.79 Å². The van der Waals surface area contributed by atoms with Crippen molar-refractivity contribution in [2.45, 2.75) is 52.3 Å². The number of Topliss-reactive ketones (excluding diaryl/α,β-unsaturated/α-hetero) is 1. The number of carbonyl (C=O) groups excluding carboxylic acids is 1. The Morgan fingerprint density at radius 2 is 1.84 bits per heavy atom. The molecule has 1 aliphatic heterocycles. The summed E-state index contributed by atoms with van der Waals surface area (Å²) in [5.41, 5.74) is -2.09. The van der Waals surface area contributed by atoms with Crippen LogP contribution in [0.2, 0.25) is 0 Å². The summed E-state index contributed by atoms with van der Waals surface area (Å²) in [6.45, 7) is 6.41. The van der Waals surface area contributed by atoms with E-state index in [1.807, 2.05) is 13.8 Å². The van der Waals surface area contributed by atoms with Gasteiger partial charge in [0.15, 0.2) is 0 Å². The topological polar surface area (TPSA) is 83.5 Å². The second-order valence-corrected chi connectivity index (χ2v) is 11.6. The van der Waals surface area contributed by atoms with Crippen LogP contribution in [0, 0.1) is 16.7 Å². The highest BCUT2D eigenvalue weighted by molar-refractivity contribution is 7.89. The summed E-state index contributed by atoms with van der Waals surface area (Å²) in [5, 5.41) is 0. The summed E-state index contributed by atoms with van der Waals surface area (Å²) in [6, 6.07) is -0.318. The quantitative estimate of drug-likeness (QED) is 0.687. The SMILES string of the molecule is C[C@H]1CN(S(=O)(=O)C[C@@]23CC[C@H](CC2=O)C3(C)C)CCN1c1ncc(C(F)(F)F)cn1. The first-order valence-electron chi connectivity index (χ1n) is 10.4. The number of alkyl halides is 3. The maximum absolute atomic E-state index is 13.3. The van der Waals surface area contributed by atoms with Crippen molar-refractivity contribution in [1.29, 1.82) is 0 Å². The van der Waals surface area contributed by atoms with E-state index in [9.17, 15) is 26.4 Å². The summed E-state index contributed by atoms with van der Waals surface area (Å²) >= 11 is 0. The standard InChI is InChI=1S/C20H27F3N4O3S/c1-13-11-26(6-7-27(13)17-24-9-15(10-25-17)20(21,22)23)31(29,30)12-19-5-4-14(8-16(19)28)18(19,2)3/h9-10,13-14H,4-8,11-12H2,1-3H3/t13-,14+,19-/m0/s1. The highest BCUT2D eigenvalue weighted by Crippen LogP contribution is 2.64. The number of ketones is 1. The first-order chi connectivity index (χ1) is 14.3. The minimum atomic E-state index is -4.51. The molecule has 7 nitrogen and oxygen atoms in total. The molecular formula is C20H27F3N4O3S. The largest absolute Gasteiger partial charge is 0.419 e. The third-order valence-electron chi connectivity index (χ3n) is 7.77. The number of nitrogens with zero attached hydrogens (tertiary/aromatic N) is 4. The van der Waals surface area contributed by atoms with Crippen molar-refractivity contribution in [3.63, 3.8) is 0 Å². The maximum Gasteiger partial charge on any atom is 0.419 e. The van der Waals surface area contributed by atoms with Crippen molar-refractivity contribution >= 4 is 21.8 Å². The Kier molecular flexibility index (Phi) is 5.16. The maximum atomic E-state index is 13.3. The van der Waals surface area contributed by atoms with Gasteiger partial charge in [0.25, 0.3) is 0 Å². The molecule has 1 aromatic heterocycles. The van der Waals surface area contributed by atoms with E-state index in [1.165, 1.54) is 4.31 Å². The molecule has 2 saturated carbocycles. The zero-order valence-corrected chi connectivity index (χ0v) is 18.6. The molecule has 0 amide bonds. The van der Waals surface area contributed by atoms with E-state index < -0.39 is 27.2 Å². The van der Waals surface area contributed by atoms with Gasteiger partial charge in [0.1, 0.15) is 5.78 Å². The van der Waals surface area contributed by atoms with E-state index in [1.54, 1.807) is 11.8 Å². The van der Waals surface area contributed by atoms with Crippen molar-refractivity contribution in [2.75, 3.05) is 30.3 Å². The normalized spacial score (nSPS) is 31.4. The van der Waals surface area contributed by atoms with Crippen LogP contribution in [-0.4, -0.2) is 59.9 Å². The van der Waals surface area contributed by atoms with Crippen molar-refractivity contribution in [3.05, 3.63) is 18.0 Å². The van der Waals surface area contributed by atoms with Crippen LogP contribution in [-0.2, 0) is 21.0 Å². The van der Waals surface area contributed by atoms with Gasteiger partial charge in [-0.25, -0.2) is 18.4 Å². The molecule has 0 aromatic carbocycles. The van der Waals surface area contributed by atoms with Crippen molar-refractivity contribution in [3.8, 4) is 0 Å². The van der Waals surface area contributed by atoms with Crippen LogP contribution in [0.1, 0.15) is 45.6 Å². The van der Waals surface area contributed by atoms with Crippen LogP contribution >= 0.6 is 0 Å². The third-order valence-corrected chi connectivity index (χ3v) is 9.75. The molecule has 2 bridgehead atoms. The summed E-state index contributed by atoms with van der Waals surface area (Å²) in [7, 11) is -3.68. The fourth-order valence-corrected chi connectivity index (χ4v) is 7.89. The van der Waals surface area contributed by atoms with Gasteiger partial charge in [-0.2, -0.15) is 17.5 Å². The van der Waals surface area contributed by atoms with Gasteiger partial charge in [0.2, 0.25) is 16.0 Å². The van der Waals surface area contributed by atoms with Gasteiger partial charge < -0.3 is 4.90 Å². The third kappa shape index (κ3) is 3.53. The lowest BCUT2D eigenvalue weighted by Gasteiger charge is -2.42. The smallest absolute Gasteiger partial charge is 0.335 e. The minimum absolute atomic E-state index is 0.0576. The van der Waals surface area contributed by atoms with E-state index in [-0.39, 0.29) is 54.5 Å². The lowest BCUT2D eigenvalue weighted by Crippen LogP contribution is -2.56. The van der Waals surface area contributed by atoms with Crippen molar-refractivity contribution < 1.29 is 26.4 Å². The number of hydrogen-bond acceptors (Lipinski definition) is 6. The van der Waals surface area contributed by atoms with Crippen LogP contribution in [0.3, 0.4) is 0 Å². The van der Waals surface area contributed by atoms with Gasteiger partial charge in [-0.15, -0.1) is 0 Å². The molecule has 0 radical (unpaired) electrons. The molecule has 172 valence electrons. The van der Waals surface area contributed by atoms with E-state index in [0.29, 0.717) is 12.8 Å². The van der Waals surface area contributed by atoms with Crippen LogP contribution in [0.15, 0.2) is 12.4 Å². The summed E-state index contributed by atoms with van der Waals surface area (Å²) in [5.74, 6) is 0.262. The van der Waals surface area contributed by atoms with E-state index in [0.717, 1.165) is 18.8 Å². The van der Waals surface area contributed by atoms with Gasteiger partial charge in [0, 0.05) is 49.9 Å². The average Bonchev–Trinajstić information content (AvgIpc) is 3.01. The summed E-state index contributed by atoms with van der Waals surface area (Å²) in [6.07, 6.45) is -1.09. The molecule has 3 fully saturated rings. The van der Waals surface area contributed by atoms with E-state index >= 15 is 0 Å². The molecule has 0 N–H and O–H groups in total. The Balaban J connectivity index is 1.48. The highest BCUT2D eigenvalue weighted by Gasteiger charge is 2.65. The molecule has 3 atom stereocenters. The number of hydrogen-bond donors (Lipinski definition) is 0. The Morgan fingerprint density at radius 3 is 2.32 bits per heavy atom. The molecule has 2 aliphatic carbocycles. The molecule has 2 heterocycles. The molecule has 0 spiro atoms. The van der Waals surface area contributed by atoms with E-state index in [4.69, 9.17) is 0 Å². The first-order valence-corrected chi connectivity index (χ1v) is 12.1. The molecule has 1 aromatic rings. The number of sulfonamides is 1. The second-order valence-electron chi connectivity index (χ2n) is 9.59. The Hall–Kier alpha value is -1.75. The molecular weight excluding hydrogens is 433 g/mol. The predicted molar refractivity (Wildman–Crippen MR) is 108 cm³/mol. The molecule has 1 saturated heterocycles. The lowest BCUT2D eigenvalue weighted by atomic mass is 9.70. The van der Waals surface area contributed by atoms with E-state index in [2.05, 4.69) is 9.97 Å². The first kappa shape index (κ1) is 22.4. The number of anilines is 1. The van der Waals surface area contributed by atoms with Crippen molar-refractivity contribution in [2.24, 2.45) is 16.7 Å². The van der Waals surface area contributed by atoms with Crippen molar-refractivity contribution in [1.82, 2.24) is 14.3 Å². The van der Waals surface area contributed by atoms with Crippen LogP contribution < -0.4 is 4.90 Å². The average molecular weight is 461 g/mol. The zero-order chi connectivity index (χ0) is 22.8. The second kappa shape index (κ2) is 7.13. The van der Waals surface area contributed by atoms with Gasteiger partial charge in [-0.05, 0) is 31.1 Å². The number of rotatable bonds is 4. The molecule has 3 aliphatic rings. The Morgan fingerprint density at radius 1 is 1.19 bits per heavy atom. The summed E-state index contributed by atoms with van der Waals surface area (Å²) in [4.78, 5) is 22.1. The fraction of sp³-hybridized carbons (Fsp3) is 0.750. The highest BCUT2D eigenvalue weighted by atomic mass is 32.2. The minimum Gasteiger partial charge on any atom is -0.335 e. The zero-order valence-electron chi connectivity index (χ0n) is 17.8. The van der Waals surface area contributed by atoms with Crippen LogP contribution in [0.25, 0.3) is 0 Å². The van der Waals surface area contributed by atoms with Crippen LogP contribution in [0.5, 0.6) is 0 Å². The monoisotopic (exact) mass is 460 g/mol. The molecule has 31 heavy (non-hydrogen) atoms. The number of fused-ring (bicyclic) bond motifs is 2. The van der Waals surface area contributed by atoms with Gasteiger partial charge in [-0.1, -0.05) is 13.8 Å². The lowest BCUT2D eigenvalue weighted by molar-refractivity contribution is -0.138. The number of aromatic nitrogens is 2. The predicted octanol–water partition coefficient (Wildman–Crippen LogP) is 2.73. The molecule has 11 heteroatoms. The fourth-order valence-electron chi connectivity index (χ4n) is 5.60. The van der Waals surface area contributed by atoms with Gasteiger partial charge >= 0.3 is 6.18 Å². The number of piperazine rings is 1. The van der Waals surface area contributed by atoms with Crippen LogP contribution in [0.4, 0.5) is 19.1 Å². The number of carbonyl (C=O) groups is 1.